The van der Waals surface area contributed by atoms with Crippen molar-refractivity contribution in [2.75, 3.05) is 27.2 Å². The smallest absolute Gasteiger partial charge is 0.0690 e. The first-order valence-electron chi connectivity index (χ1n) is 6.21. The van der Waals surface area contributed by atoms with Crippen LogP contribution in [0.4, 0.5) is 0 Å². The minimum Gasteiger partial charge on any atom is -0.311 e. The Balaban J connectivity index is 2.00. The monoisotopic (exact) mass is 244 g/mol. The average molecular weight is 244 g/mol. The number of benzene rings is 1. The lowest BCUT2D eigenvalue weighted by molar-refractivity contribution is 0.400. The zero-order valence-electron chi connectivity index (χ0n) is 11.0. The van der Waals surface area contributed by atoms with Gasteiger partial charge in [0.25, 0.3) is 0 Å². The van der Waals surface area contributed by atoms with E-state index in [1.165, 1.54) is 5.56 Å². The van der Waals surface area contributed by atoms with Gasteiger partial charge >= 0.3 is 0 Å². The molecular weight excluding hydrogens is 224 g/mol. The SMILES string of the molecule is CN(C)CCNCc1ccccc1-n1cccn1. The molecule has 2 rings (SSSR count). The summed E-state index contributed by atoms with van der Waals surface area (Å²) in [5.74, 6) is 0. The van der Waals surface area contributed by atoms with Crippen molar-refractivity contribution in [3.05, 3.63) is 48.3 Å². The normalized spacial score (nSPS) is 11.1. The summed E-state index contributed by atoms with van der Waals surface area (Å²) in [4.78, 5) is 2.17. The molecule has 1 N–H and O–H groups in total. The summed E-state index contributed by atoms with van der Waals surface area (Å²) in [5, 5.41) is 7.74. The molecule has 0 radical (unpaired) electrons. The Morgan fingerprint density at radius 1 is 1.22 bits per heavy atom. The molecule has 0 bridgehead atoms. The first-order chi connectivity index (χ1) is 8.77. The predicted molar refractivity (Wildman–Crippen MR) is 73.8 cm³/mol. The molecule has 1 heterocycles. The van der Waals surface area contributed by atoms with Crippen LogP contribution in [0.5, 0.6) is 0 Å². The lowest BCUT2D eigenvalue weighted by Crippen LogP contribution is -2.26. The van der Waals surface area contributed by atoms with Crippen LogP contribution in [0.25, 0.3) is 5.69 Å². The molecule has 1 aromatic carbocycles. The molecule has 1 aromatic heterocycles. The third-order valence-electron chi connectivity index (χ3n) is 2.79. The van der Waals surface area contributed by atoms with Crippen LogP contribution in [-0.4, -0.2) is 41.9 Å². The summed E-state index contributed by atoms with van der Waals surface area (Å²) in [6, 6.07) is 10.3. The van der Waals surface area contributed by atoms with E-state index in [4.69, 9.17) is 0 Å². The fraction of sp³-hybridized carbons (Fsp3) is 0.357. The predicted octanol–water partition coefficient (Wildman–Crippen LogP) is 1.52. The van der Waals surface area contributed by atoms with Gasteiger partial charge in [0, 0.05) is 32.0 Å². The summed E-state index contributed by atoms with van der Waals surface area (Å²) in [7, 11) is 4.17. The highest BCUT2D eigenvalue weighted by Crippen LogP contribution is 2.12. The van der Waals surface area contributed by atoms with Crippen LogP contribution in [0.3, 0.4) is 0 Å². The van der Waals surface area contributed by atoms with Gasteiger partial charge in [0.2, 0.25) is 0 Å². The minimum absolute atomic E-state index is 0.865. The fourth-order valence-electron chi connectivity index (χ4n) is 1.82. The van der Waals surface area contributed by atoms with Crippen molar-refractivity contribution in [2.45, 2.75) is 6.54 Å². The number of likely N-dealkylation sites (N-methyl/N-ethyl adjacent to an activating group) is 1. The number of nitrogens with zero attached hydrogens (tertiary/aromatic N) is 3. The van der Waals surface area contributed by atoms with Gasteiger partial charge in [-0.3, -0.25) is 0 Å². The molecule has 4 heteroatoms. The molecule has 0 spiro atoms. The van der Waals surface area contributed by atoms with Gasteiger partial charge in [0.15, 0.2) is 0 Å². The van der Waals surface area contributed by atoms with Gasteiger partial charge < -0.3 is 10.2 Å². The van der Waals surface area contributed by atoms with Crippen molar-refractivity contribution in [3.8, 4) is 5.69 Å². The third-order valence-corrected chi connectivity index (χ3v) is 2.79. The quantitative estimate of drug-likeness (QED) is 0.782. The van der Waals surface area contributed by atoms with Gasteiger partial charge in [-0.25, -0.2) is 4.68 Å². The standard InChI is InChI=1S/C14H20N4/c1-17(2)11-9-15-12-13-6-3-4-7-14(13)18-10-5-8-16-18/h3-8,10,15H,9,11-12H2,1-2H3. The molecule has 0 aliphatic rings. The fourth-order valence-corrected chi connectivity index (χ4v) is 1.82. The van der Waals surface area contributed by atoms with Crippen LogP contribution in [-0.2, 0) is 6.54 Å². The van der Waals surface area contributed by atoms with E-state index in [9.17, 15) is 0 Å². The van der Waals surface area contributed by atoms with E-state index < -0.39 is 0 Å². The number of hydrogen-bond donors (Lipinski definition) is 1. The highest BCUT2D eigenvalue weighted by molar-refractivity contribution is 5.40. The molecule has 0 aliphatic heterocycles. The van der Waals surface area contributed by atoms with Crippen LogP contribution in [0.15, 0.2) is 42.7 Å². The Kier molecular flexibility index (Phi) is 4.50. The highest BCUT2D eigenvalue weighted by atomic mass is 15.3. The van der Waals surface area contributed by atoms with Crippen LogP contribution < -0.4 is 5.32 Å². The summed E-state index contributed by atoms with van der Waals surface area (Å²) in [5.41, 5.74) is 2.40. The summed E-state index contributed by atoms with van der Waals surface area (Å²) in [6.45, 7) is 2.90. The lowest BCUT2D eigenvalue weighted by Gasteiger charge is -2.12. The van der Waals surface area contributed by atoms with Crippen LogP contribution in [0.2, 0.25) is 0 Å². The van der Waals surface area contributed by atoms with Gasteiger partial charge in [0.1, 0.15) is 0 Å². The second-order valence-corrected chi connectivity index (χ2v) is 4.56. The van der Waals surface area contributed by atoms with Crippen molar-refractivity contribution in [3.63, 3.8) is 0 Å². The van der Waals surface area contributed by atoms with Crippen molar-refractivity contribution in [1.29, 1.82) is 0 Å². The maximum Gasteiger partial charge on any atom is 0.0690 e. The number of para-hydroxylation sites is 1. The van der Waals surface area contributed by atoms with Gasteiger partial charge in [-0.2, -0.15) is 5.10 Å². The minimum atomic E-state index is 0.865. The highest BCUT2D eigenvalue weighted by Gasteiger charge is 2.03. The van der Waals surface area contributed by atoms with E-state index in [2.05, 4.69) is 47.6 Å². The molecule has 0 unspecified atom stereocenters. The molecule has 0 saturated carbocycles. The number of hydrogen-bond acceptors (Lipinski definition) is 3. The van der Waals surface area contributed by atoms with Crippen LogP contribution in [0, 0.1) is 0 Å². The molecule has 0 fully saturated rings. The molecule has 2 aromatic rings. The van der Waals surface area contributed by atoms with E-state index in [-0.39, 0.29) is 0 Å². The van der Waals surface area contributed by atoms with E-state index in [0.717, 1.165) is 25.3 Å². The zero-order valence-corrected chi connectivity index (χ0v) is 11.0. The maximum absolute atomic E-state index is 4.28. The lowest BCUT2D eigenvalue weighted by atomic mass is 10.2. The maximum atomic E-state index is 4.28. The topological polar surface area (TPSA) is 33.1 Å². The second-order valence-electron chi connectivity index (χ2n) is 4.56. The average Bonchev–Trinajstić information content (AvgIpc) is 2.88. The number of aromatic nitrogens is 2. The molecular formula is C14H20N4. The number of nitrogens with one attached hydrogen (secondary N) is 1. The van der Waals surface area contributed by atoms with E-state index >= 15 is 0 Å². The van der Waals surface area contributed by atoms with Crippen molar-refractivity contribution in [1.82, 2.24) is 20.0 Å². The molecule has 4 nitrogen and oxygen atoms in total. The van der Waals surface area contributed by atoms with Gasteiger partial charge in [-0.05, 0) is 31.8 Å². The third kappa shape index (κ3) is 3.42. The van der Waals surface area contributed by atoms with Gasteiger partial charge in [-0.1, -0.05) is 18.2 Å². The summed E-state index contributed by atoms with van der Waals surface area (Å²) >= 11 is 0. The number of rotatable bonds is 6. The Bertz CT molecular complexity index is 462. The van der Waals surface area contributed by atoms with Crippen LogP contribution in [0.1, 0.15) is 5.56 Å². The molecule has 0 amide bonds. The Morgan fingerprint density at radius 3 is 2.78 bits per heavy atom. The molecule has 0 saturated heterocycles. The molecule has 0 aliphatic carbocycles. The molecule has 0 atom stereocenters. The first kappa shape index (κ1) is 12.8. The van der Waals surface area contributed by atoms with Crippen molar-refractivity contribution >= 4 is 0 Å². The Labute approximate surface area is 108 Å². The Hall–Kier alpha value is -1.65. The van der Waals surface area contributed by atoms with Crippen molar-refractivity contribution < 1.29 is 0 Å². The Morgan fingerprint density at radius 2 is 2.06 bits per heavy atom. The molecule has 18 heavy (non-hydrogen) atoms. The second kappa shape index (κ2) is 6.33. The van der Waals surface area contributed by atoms with Gasteiger partial charge in [0.05, 0.1) is 5.69 Å². The zero-order chi connectivity index (χ0) is 12.8. The largest absolute Gasteiger partial charge is 0.311 e. The van der Waals surface area contributed by atoms with E-state index in [1.807, 2.05) is 23.0 Å². The van der Waals surface area contributed by atoms with Gasteiger partial charge in [-0.15, -0.1) is 0 Å². The first-order valence-corrected chi connectivity index (χ1v) is 6.21. The van der Waals surface area contributed by atoms with Crippen molar-refractivity contribution in [2.24, 2.45) is 0 Å². The molecule has 96 valence electrons. The van der Waals surface area contributed by atoms with E-state index in [0.29, 0.717) is 0 Å². The van der Waals surface area contributed by atoms with E-state index in [1.54, 1.807) is 6.20 Å². The van der Waals surface area contributed by atoms with Crippen LogP contribution >= 0.6 is 0 Å². The summed E-state index contributed by atoms with van der Waals surface area (Å²) < 4.78 is 1.91. The summed E-state index contributed by atoms with van der Waals surface area (Å²) in [6.07, 6.45) is 3.77.